The molecular weight excluding hydrogens is 524 g/mol. The van der Waals surface area contributed by atoms with Gasteiger partial charge in [0.25, 0.3) is 0 Å². The molecule has 3 saturated carbocycles. The molecule has 5 rings (SSSR count). The molecule has 0 aromatic heterocycles. The molecular formula is C36H52N2O4. The Balaban J connectivity index is 1.60. The summed E-state index contributed by atoms with van der Waals surface area (Å²) in [7, 11) is 0. The van der Waals surface area contributed by atoms with Gasteiger partial charge in [-0.25, -0.2) is 9.64 Å². The second-order valence-corrected chi connectivity index (χ2v) is 16.9. The average molecular weight is 577 g/mol. The molecule has 0 unspecified atom stereocenters. The summed E-state index contributed by atoms with van der Waals surface area (Å²) in [6, 6.07) is 0. The predicted octanol–water partition coefficient (Wildman–Crippen LogP) is 7.94. The van der Waals surface area contributed by atoms with Crippen molar-refractivity contribution in [3.05, 3.63) is 34.8 Å². The van der Waals surface area contributed by atoms with Crippen LogP contribution in [0.2, 0.25) is 0 Å². The maximum Gasteiger partial charge on any atom is 0.407 e. The Kier molecular flexibility index (Phi) is 7.04. The van der Waals surface area contributed by atoms with Gasteiger partial charge in [0.1, 0.15) is 5.60 Å². The van der Waals surface area contributed by atoms with Crippen LogP contribution in [-0.2, 0) is 14.3 Å². The van der Waals surface area contributed by atoms with Crippen LogP contribution < -0.4 is 5.32 Å². The largest absolute Gasteiger partial charge is 0.444 e. The van der Waals surface area contributed by atoms with Gasteiger partial charge in [0, 0.05) is 23.3 Å². The molecule has 0 spiro atoms. The summed E-state index contributed by atoms with van der Waals surface area (Å²) in [6.45, 7) is 29.5. The van der Waals surface area contributed by atoms with E-state index in [9.17, 15) is 14.4 Å². The van der Waals surface area contributed by atoms with Crippen molar-refractivity contribution in [1.29, 1.82) is 0 Å². The van der Waals surface area contributed by atoms with Gasteiger partial charge >= 0.3 is 6.09 Å². The van der Waals surface area contributed by atoms with Crippen molar-refractivity contribution in [2.75, 3.05) is 6.54 Å². The molecule has 6 heteroatoms. The Labute approximate surface area is 253 Å². The first-order valence-corrected chi connectivity index (χ1v) is 16.2. The van der Waals surface area contributed by atoms with E-state index in [1.807, 2.05) is 46.8 Å². The maximum atomic E-state index is 14.7. The molecule has 0 aromatic carbocycles. The topological polar surface area (TPSA) is 76.8 Å². The third kappa shape index (κ3) is 4.19. The highest BCUT2D eigenvalue weighted by atomic mass is 16.6. The zero-order chi connectivity index (χ0) is 31.3. The summed E-state index contributed by atoms with van der Waals surface area (Å²) >= 11 is 0. The highest BCUT2D eigenvalue weighted by Crippen LogP contribution is 2.74. The lowest BCUT2D eigenvalue weighted by Gasteiger charge is -2.69. The molecule has 230 valence electrons. The van der Waals surface area contributed by atoms with Crippen molar-refractivity contribution >= 4 is 17.7 Å². The number of amides is 1. The summed E-state index contributed by atoms with van der Waals surface area (Å²) in [5.41, 5.74) is -1.04. The van der Waals surface area contributed by atoms with E-state index < -0.39 is 16.4 Å². The number of nitrogens with zero attached hydrogens (tertiary/aromatic N) is 1. The van der Waals surface area contributed by atoms with Crippen LogP contribution in [0.5, 0.6) is 0 Å². The fourth-order valence-corrected chi connectivity index (χ4v) is 10.8. The molecule has 0 aromatic rings. The SMILES string of the molecule is [C-]#[N+]C1=C[C@]2(C)C3=CC(=O)[C@@H]4[C@@H]5[C@@H](C)[C@H](C)CC[C@]5(CNC(=O)OC(C)(C)C)CC[C@@]4(C)[C@]3(C)CC[C@H]2C(C)(C)C1=O. The highest BCUT2D eigenvalue weighted by molar-refractivity contribution is 6.03. The first-order chi connectivity index (χ1) is 19.3. The van der Waals surface area contributed by atoms with Crippen LogP contribution in [0, 0.1) is 63.2 Å². The van der Waals surface area contributed by atoms with E-state index in [1.54, 1.807) is 0 Å². The number of ketones is 2. The summed E-state index contributed by atoms with van der Waals surface area (Å²) in [4.78, 5) is 44.5. The highest BCUT2D eigenvalue weighted by Gasteiger charge is 2.70. The van der Waals surface area contributed by atoms with Crippen LogP contribution in [0.1, 0.15) is 108 Å². The molecule has 0 aliphatic heterocycles. The average Bonchev–Trinajstić information content (AvgIpc) is 2.88. The minimum absolute atomic E-state index is 0.0459. The van der Waals surface area contributed by atoms with E-state index in [0.717, 1.165) is 44.1 Å². The molecule has 3 fully saturated rings. The molecule has 42 heavy (non-hydrogen) atoms. The molecule has 0 radical (unpaired) electrons. The van der Waals surface area contributed by atoms with Crippen molar-refractivity contribution in [3.63, 3.8) is 0 Å². The lowest BCUT2D eigenvalue weighted by molar-refractivity contribution is -0.175. The zero-order valence-electron chi connectivity index (χ0n) is 27.6. The Hall–Kier alpha value is -2.42. The van der Waals surface area contributed by atoms with Crippen molar-refractivity contribution in [1.82, 2.24) is 5.32 Å². The van der Waals surface area contributed by atoms with Gasteiger partial charge in [0.05, 0.1) is 6.57 Å². The van der Waals surface area contributed by atoms with Gasteiger partial charge in [0.15, 0.2) is 11.6 Å². The van der Waals surface area contributed by atoms with Crippen molar-refractivity contribution in [2.24, 2.45) is 56.7 Å². The quantitative estimate of drug-likeness (QED) is 0.339. The van der Waals surface area contributed by atoms with Crippen LogP contribution in [0.25, 0.3) is 4.85 Å². The Morgan fingerprint density at radius 3 is 2.33 bits per heavy atom. The fourth-order valence-electron chi connectivity index (χ4n) is 10.8. The lowest BCUT2D eigenvalue weighted by Crippen LogP contribution is -2.66. The van der Waals surface area contributed by atoms with E-state index >= 15 is 0 Å². The number of Topliss-reactive ketones (excluding diaryl/α,β-unsaturated/α-hetero) is 1. The standard InChI is InChI=1S/C36H52N2O4/c1-21-12-15-36(20-38-30(41)42-31(3,4)5)17-16-35(10)28(27(36)22(21)2)24(39)18-26-33(8)19-23(37-11)29(40)32(6,7)25(33)13-14-34(26,35)9/h18-19,21-22,25,27-28H,12-17,20H2,1-10H3,(H,38,41)/t21-,22+,25+,27+,28-,33+,34-,35-,36-/m1/s1. The molecule has 0 saturated heterocycles. The maximum absolute atomic E-state index is 14.7. The second-order valence-electron chi connectivity index (χ2n) is 16.9. The Bertz CT molecular complexity index is 1310. The Morgan fingerprint density at radius 2 is 1.71 bits per heavy atom. The Morgan fingerprint density at radius 1 is 1.05 bits per heavy atom. The van der Waals surface area contributed by atoms with Crippen LogP contribution in [0.4, 0.5) is 4.79 Å². The molecule has 5 aliphatic rings. The summed E-state index contributed by atoms with van der Waals surface area (Å²) in [6.07, 6.45) is 9.28. The van der Waals surface area contributed by atoms with E-state index in [4.69, 9.17) is 11.3 Å². The van der Waals surface area contributed by atoms with E-state index in [0.29, 0.717) is 18.4 Å². The molecule has 6 nitrogen and oxygen atoms in total. The van der Waals surface area contributed by atoms with Crippen molar-refractivity contribution in [3.8, 4) is 0 Å². The van der Waals surface area contributed by atoms with Crippen LogP contribution in [-0.4, -0.2) is 29.8 Å². The van der Waals surface area contributed by atoms with Crippen molar-refractivity contribution < 1.29 is 19.1 Å². The number of fused-ring (bicyclic) bond motifs is 7. The number of nitrogens with one attached hydrogen (secondary N) is 1. The number of rotatable bonds is 2. The number of hydrogen-bond acceptors (Lipinski definition) is 4. The normalized spacial score (nSPS) is 44.3. The van der Waals surface area contributed by atoms with Gasteiger partial charge < -0.3 is 14.8 Å². The number of carbonyl (C=O) groups excluding carboxylic acids is 3. The van der Waals surface area contributed by atoms with Gasteiger partial charge in [-0.05, 0) is 105 Å². The van der Waals surface area contributed by atoms with E-state index in [2.05, 4.69) is 44.8 Å². The summed E-state index contributed by atoms with van der Waals surface area (Å²) in [5, 5.41) is 3.13. The van der Waals surface area contributed by atoms with E-state index in [1.165, 1.54) is 0 Å². The van der Waals surface area contributed by atoms with Crippen LogP contribution in [0.15, 0.2) is 23.4 Å². The summed E-state index contributed by atoms with van der Waals surface area (Å²) in [5.74, 6) is 1.04. The monoisotopic (exact) mass is 576 g/mol. The van der Waals surface area contributed by atoms with Crippen LogP contribution in [0.3, 0.4) is 0 Å². The molecule has 1 amide bonds. The van der Waals surface area contributed by atoms with E-state index in [-0.39, 0.29) is 57.4 Å². The number of hydrogen-bond donors (Lipinski definition) is 1. The molecule has 5 aliphatic carbocycles. The van der Waals surface area contributed by atoms with Gasteiger partial charge in [-0.1, -0.05) is 60.1 Å². The smallest absolute Gasteiger partial charge is 0.407 e. The fraction of sp³-hybridized carbons (Fsp3) is 0.778. The van der Waals surface area contributed by atoms with Gasteiger partial charge in [-0.15, -0.1) is 0 Å². The zero-order valence-corrected chi connectivity index (χ0v) is 27.6. The minimum Gasteiger partial charge on any atom is -0.444 e. The van der Waals surface area contributed by atoms with Crippen LogP contribution >= 0.6 is 0 Å². The van der Waals surface area contributed by atoms with Gasteiger partial charge in [-0.2, -0.15) is 0 Å². The molecule has 0 bridgehead atoms. The summed E-state index contributed by atoms with van der Waals surface area (Å²) < 4.78 is 5.61. The first-order valence-electron chi connectivity index (χ1n) is 16.2. The van der Waals surface area contributed by atoms with Gasteiger partial charge in [0.2, 0.25) is 5.70 Å². The third-order valence-electron chi connectivity index (χ3n) is 13.4. The first kappa shape index (κ1) is 31.0. The lowest BCUT2D eigenvalue weighted by atomic mass is 9.34. The third-order valence-corrected chi connectivity index (χ3v) is 13.4. The number of allylic oxidation sites excluding steroid dienone is 4. The molecule has 1 N–H and O–H groups in total. The minimum atomic E-state index is -0.658. The number of carbonyl (C=O) groups is 3. The predicted molar refractivity (Wildman–Crippen MR) is 164 cm³/mol. The second kappa shape index (κ2) is 9.54. The molecule has 0 heterocycles. The number of ether oxygens (including phenoxy) is 1. The van der Waals surface area contributed by atoms with Crippen molar-refractivity contribution in [2.45, 2.75) is 113 Å². The molecule has 9 atom stereocenters. The van der Waals surface area contributed by atoms with Gasteiger partial charge in [-0.3, -0.25) is 4.79 Å². The number of alkyl carbamates (subject to hydrolysis) is 1.